The molecule has 0 radical (unpaired) electrons. The van der Waals surface area contributed by atoms with Crippen molar-refractivity contribution in [2.24, 2.45) is 0 Å². The molecule has 28 heavy (non-hydrogen) atoms. The van der Waals surface area contributed by atoms with Crippen molar-refractivity contribution in [3.8, 4) is 0 Å². The van der Waals surface area contributed by atoms with Crippen molar-refractivity contribution < 1.29 is 31.2 Å². The Morgan fingerprint density at radius 3 is 1.43 bits per heavy atom. The molecule has 0 aliphatic heterocycles. The zero-order chi connectivity index (χ0) is 21.5. The second kappa shape index (κ2) is 16.4. The molecule has 0 saturated heterocycles. The fourth-order valence-electron chi connectivity index (χ4n) is 2.90. The van der Waals surface area contributed by atoms with Crippen LogP contribution in [-0.4, -0.2) is 26.7 Å². The van der Waals surface area contributed by atoms with Gasteiger partial charge in [-0.3, -0.25) is 0 Å². The average molecular weight is 555 g/mol. The van der Waals surface area contributed by atoms with Gasteiger partial charge in [0.25, 0.3) is 0 Å². The van der Waals surface area contributed by atoms with Gasteiger partial charge in [-0.1, -0.05) is 0 Å². The first-order valence-corrected chi connectivity index (χ1v) is 17.2. The van der Waals surface area contributed by atoms with Gasteiger partial charge < -0.3 is 10.2 Å². The number of allylic oxidation sites excluding steroid dienone is 8. The predicted molar refractivity (Wildman–Crippen MR) is 122 cm³/mol. The molecule has 0 atom stereocenters. The molecule has 0 unspecified atom stereocenters. The Kier molecular flexibility index (Phi) is 16.2. The van der Waals surface area contributed by atoms with E-state index in [-0.39, 0.29) is 12.2 Å². The van der Waals surface area contributed by atoms with Crippen molar-refractivity contribution in [2.45, 2.75) is 105 Å². The Morgan fingerprint density at radius 1 is 0.821 bits per heavy atom. The van der Waals surface area contributed by atoms with Crippen molar-refractivity contribution in [2.75, 3.05) is 0 Å². The third-order valence-electron chi connectivity index (χ3n) is 4.30. The quantitative estimate of drug-likeness (QED) is 0.331. The zero-order valence-corrected chi connectivity index (χ0v) is 22.8. The van der Waals surface area contributed by atoms with Gasteiger partial charge in [0.2, 0.25) is 0 Å². The molecule has 0 aromatic carbocycles. The summed E-state index contributed by atoms with van der Waals surface area (Å²) in [5.41, 5.74) is 3.18. The molecular formula is C25H44HfO2. The molecule has 2 rings (SSSR count). The van der Waals surface area contributed by atoms with E-state index < -0.39 is 21.0 Å². The van der Waals surface area contributed by atoms with E-state index in [1.165, 1.54) is 51.4 Å². The Balaban J connectivity index is 0.000000776. The SMILES string of the molecule is CC(C)O.CC(C)O.[CH2]=[Hf]([C]1=CC(CCCC)=CC1)[C]1=CC(CCCC)=CC1. The van der Waals surface area contributed by atoms with E-state index in [1.54, 1.807) is 45.5 Å². The first-order chi connectivity index (χ1) is 13.2. The second-order valence-electron chi connectivity index (χ2n) is 8.18. The van der Waals surface area contributed by atoms with Crippen LogP contribution in [0.4, 0.5) is 0 Å². The standard InChI is InChI=1S/2C9H13.2C3H8O.CH2.Hf/c2*1-2-3-6-9-7-4-5-8-9;2*1-3(2)4;;/h2*7-8H,2-4,6H2,1H3;2*3-4H,1-2H3;1H2;. The van der Waals surface area contributed by atoms with Crippen molar-refractivity contribution in [1.29, 1.82) is 0 Å². The van der Waals surface area contributed by atoms with E-state index in [9.17, 15) is 0 Å². The minimum absolute atomic E-state index is 0.167. The molecule has 0 aromatic heterocycles. The van der Waals surface area contributed by atoms with E-state index in [2.05, 4.69) is 42.4 Å². The summed E-state index contributed by atoms with van der Waals surface area (Å²) in [6.45, 7) is 11.4. The summed E-state index contributed by atoms with van der Waals surface area (Å²) in [6.07, 6.45) is 19.8. The summed E-state index contributed by atoms with van der Waals surface area (Å²) in [4.78, 5) is 0. The Bertz CT molecular complexity index is 522. The number of rotatable bonds is 8. The molecular weight excluding hydrogens is 511 g/mol. The van der Waals surface area contributed by atoms with E-state index in [0.717, 1.165) is 0 Å². The van der Waals surface area contributed by atoms with Gasteiger partial charge in [-0.2, -0.15) is 0 Å². The van der Waals surface area contributed by atoms with E-state index in [4.69, 9.17) is 10.2 Å². The monoisotopic (exact) mass is 556 g/mol. The summed E-state index contributed by atoms with van der Waals surface area (Å²) >= 11 is -1.87. The van der Waals surface area contributed by atoms with Crippen LogP contribution in [0.5, 0.6) is 0 Å². The molecule has 0 bridgehead atoms. The zero-order valence-electron chi connectivity index (χ0n) is 19.2. The van der Waals surface area contributed by atoms with Crippen LogP contribution in [-0.2, 0) is 21.0 Å². The summed E-state index contributed by atoms with van der Waals surface area (Å²) in [5.74, 6) is 0. The van der Waals surface area contributed by atoms with Crippen LogP contribution in [0.1, 0.15) is 92.9 Å². The molecule has 0 saturated carbocycles. The molecule has 160 valence electrons. The predicted octanol–water partition coefficient (Wildman–Crippen LogP) is 6.62. The van der Waals surface area contributed by atoms with Crippen LogP contribution >= 0.6 is 0 Å². The van der Waals surface area contributed by atoms with Crippen LogP contribution in [0.15, 0.2) is 42.1 Å². The fourth-order valence-corrected chi connectivity index (χ4v) is 9.47. The topological polar surface area (TPSA) is 40.5 Å². The van der Waals surface area contributed by atoms with Gasteiger partial charge in [0.05, 0.1) is 0 Å². The van der Waals surface area contributed by atoms with Gasteiger partial charge in [-0.05, 0) is 27.7 Å². The van der Waals surface area contributed by atoms with Crippen molar-refractivity contribution in [3.05, 3.63) is 42.1 Å². The van der Waals surface area contributed by atoms with E-state index >= 15 is 0 Å². The van der Waals surface area contributed by atoms with E-state index in [1.807, 2.05) is 0 Å². The summed E-state index contributed by atoms with van der Waals surface area (Å²) in [7, 11) is 0. The summed E-state index contributed by atoms with van der Waals surface area (Å²) in [6, 6.07) is 0. The van der Waals surface area contributed by atoms with Crippen molar-refractivity contribution in [1.82, 2.24) is 0 Å². The molecule has 2 aliphatic carbocycles. The maximum atomic E-state index is 8.06. The van der Waals surface area contributed by atoms with Crippen LogP contribution in [0.3, 0.4) is 0 Å². The van der Waals surface area contributed by atoms with Gasteiger partial charge in [0, 0.05) is 12.2 Å². The Hall–Kier alpha value is -0.380. The number of unbranched alkanes of at least 4 members (excludes halogenated alkanes) is 2. The third kappa shape index (κ3) is 13.7. The Morgan fingerprint density at radius 2 is 1.14 bits per heavy atom. The molecule has 0 amide bonds. The molecule has 0 fully saturated rings. The molecule has 2 N–H and O–H groups in total. The van der Waals surface area contributed by atoms with Gasteiger partial charge in [0.1, 0.15) is 0 Å². The normalized spacial score (nSPS) is 15.2. The van der Waals surface area contributed by atoms with Crippen molar-refractivity contribution in [3.63, 3.8) is 0 Å². The third-order valence-corrected chi connectivity index (χ3v) is 12.4. The number of aliphatic hydroxyl groups excluding tert-OH is 2. The fraction of sp³-hybridized carbons (Fsp3) is 0.640. The number of hydrogen-bond donors (Lipinski definition) is 2. The van der Waals surface area contributed by atoms with E-state index in [0.29, 0.717) is 0 Å². The first-order valence-electron chi connectivity index (χ1n) is 11.1. The molecule has 3 heteroatoms. The summed E-state index contributed by atoms with van der Waals surface area (Å²) in [5, 5.41) is 16.1. The van der Waals surface area contributed by atoms with Gasteiger partial charge >= 0.3 is 133 Å². The number of hydrogen-bond acceptors (Lipinski definition) is 2. The first kappa shape index (κ1) is 27.6. The molecule has 0 aromatic rings. The Labute approximate surface area is 182 Å². The number of aliphatic hydroxyl groups is 2. The molecule has 0 spiro atoms. The minimum atomic E-state index is -1.87. The average Bonchev–Trinajstić information content (AvgIpc) is 3.26. The van der Waals surface area contributed by atoms with Crippen LogP contribution in [0.2, 0.25) is 0 Å². The van der Waals surface area contributed by atoms with Gasteiger partial charge in [0.15, 0.2) is 0 Å². The summed E-state index contributed by atoms with van der Waals surface area (Å²) < 4.78 is 8.11. The molecule has 0 heterocycles. The second-order valence-corrected chi connectivity index (χ2v) is 16.2. The maximum absolute atomic E-state index is 8.06. The van der Waals surface area contributed by atoms with Crippen LogP contribution in [0, 0.1) is 0 Å². The molecule has 2 aliphatic rings. The van der Waals surface area contributed by atoms with Gasteiger partial charge in [-0.15, -0.1) is 0 Å². The van der Waals surface area contributed by atoms with Crippen molar-refractivity contribution >= 4 is 4.26 Å². The van der Waals surface area contributed by atoms with Crippen LogP contribution in [0.25, 0.3) is 0 Å². The van der Waals surface area contributed by atoms with Crippen LogP contribution < -0.4 is 0 Å². The molecule has 2 nitrogen and oxygen atoms in total. The van der Waals surface area contributed by atoms with Gasteiger partial charge in [-0.25, -0.2) is 0 Å².